The third kappa shape index (κ3) is 4.99. The molecular formula is C21H16ClN7O6. The van der Waals surface area contributed by atoms with Crippen molar-refractivity contribution >= 4 is 39.9 Å². The lowest BCUT2D eigenvalue weighted by Gasteiger charge is -2.08. The second kappa shape index (κ2) is 9.69. The van der Waals surface area contributed by atoms with Crippen LogP contribution in [-0.4, -0.2) is 41.6 Å². The van der Waals surface area contributed by atoms with Crippen molar-refractivity contribution in [2.24, 2.45) is 0 Å². The van der Waals surface area contributed by atoms with E-state index in [-0.39, 0.29) is 58.2 Å². The van der Waals surface area contributed by atoms with Gasteiger partial charge in [0, 0.05) is 29.8 Å². The largest absolute Gasteiger partial charge is 0.350 e. The number of hydrogen-bond donors (Lipinski definition) is 1. The number of nitrogens with one attached hydrogen (secondary N) is 1. The van der Waals surface area contributed by atoms with Gasteiger partial charge in [0.1, 0.15) is 17.3 Å². The Balaban J connectivity index is 1.48. The molecule has 2 aromatic heterocycles. The Kier molecular flexibility index (Phi) is 6.51. The van der Waals surface area contributed by atoms with Crippen LogP contribution in [0.4, 0.5) is 11.4 Å². The van der Waals surface area contributed by atoms with Gasteiger partial charge in [0.15, 0.2) is 5.65 Å². The summed E-state index contributed by atoms with van der Waals surface area (Å²) in [6, 6.07) is 9.64. The van der Waals surface area contributed by atoms with Crippen molar-refractivity contribution in [2.45, 2.75) is 13.1 Å². The Morgan fingerprint density at radius 3 is 2.66 bits per heavy atom. The van der Waals surface area contributed by atoms with E-state index in [1.54, 1.807) is 6.07 Å². The molecule has 13 nitrogen and oxygen atoms in total. The minimum absolute atomic E-state index is 0.0533. The lowest BCUT2D eigenvalue weighted by molar-refractivity contribution is -0.385. The van der Waals surface area contributed by atoms with Crippen LogP contribution in [0.25, 0.3) is 11.0 Å². The standard InChI is InChI=1S/C21H16ClN7O6/c22-14-4-5-18(29(34)35)16(9-14)20(30)23-6-7-27-19-17(10-25-27)21(31)26(12-24-19)11-13-2-1-3-15(8-13)28(32)33/h1-5,8-10,12H,6-7,11H2,(H,23,30). The molecule has 0 bridgehead atoms. The summed E-state index contributed by atoms with van der Waals surface area (Å²) in [7, 11) is 0. The number of carbonyl (C=O) groups is 1. The number of carbonyl (C=O) groups excluding carboxylic acids is 1. The molecule has 0 radical (unpaired) electrons. The van der Waals surface area contributed by atoms with Crippen molar-refractivity contribution in [1.29, 1.82) is 0 Å². The molecule has 0 saturated heterocycles. The highest BCUT2D eigenvalue weighted by Crippen LogP contribution is 2.22. The molecule has 178 valence electrons. The van der Waals surface area contributed by atoms with Gasteiger partial charge in [-0.05, 0) is 17.7 Å². The Bertz CT molecular complexity index is 1530. The molecule has 1 N–H and O–H groups in total. The van der Waals surface area contributed by atoms with Gasteiger partial charge in [-0.2, -0.15) is 5.10 Å². The summed E-state index contributed by atoms with van der Waals surface area (Å²) in [6.07, 6.45) is 2.66. The number of hydrogen-bond acceptors (Lipinski definition) is 8. The molecule has 35 heavy (non-hydrogen) atoms. The fourth-order valence-corrected chi connectivity index (χ4v) is 3.63. The zero-order valence-corrected chi connectivity index (χ0v) is 18.6. The van der Waals surface area contributed by atoms with Crippen LogP contribution in [0.15, 0.2) is 59.8 Å². The molecule has 0 aliphatic rings. The molecular weight excluding hydrogens is 482 g/mol. The van der Waals surface area contributed by atoms with Crippen molar-refractivity contribution in [2.75, 3.05) is 6.54 Å². The first-order valence-corrected chi connectivity index (χ1v) is 10.5. The monoisotopic (exact) mass is 497 g/mol. The van der Waals surface area contributed by atoms with E-state index in [0.717, 1.165) is 6.07 Å². The zero-order valence-electron chi connectivity index (χ0n) is 17.8. The smallest absolute Gasteiger partial charge is 0.282 e. The number of nitrogens with zero attached hydrogens (tertiary/aromatic N) is 6. The Hall–Kier alpha value is -4.65. The summed E-state index contributed by atoms with van der Waals surface area (Å²) < 4.78 is 2.73. The molecule has 4 aromatic rings. The van der Waals surface area contributed by atoms with Gasteiger partial charge in [0.05, 0.1) is 29.1 Å². The van der Waals surface area contributed by atoms with Crippen molar-refractivity contribution in [3.8, 4) is 0 Å². The van der Waals surface area contributed by atoms with Gasteiger partial charge in [0.25, 0.3) is 22.8 Å². The maximum absolute atomic E-state index is 12.9. The number of aromatic nitrogens is 4. The van der Waals surface area contributed by atoms with Crippen LogP contribution >= 0.6 is 11.6 Å². The number of halogens is 1. The molecule has 0 unspecified atom stereocenters. The lowest BCUT2D eigenvalue weighted by Crippen LogP contribution is -2.28. The molecule has 0 aliphatic carbocycles. The lowest BCUT2D eigenvalue weighted by atomic mass is 10.1. The maximum Gasteiger partial charge on any atom is 0.282 e. The predicted octanol–water partition coefficient (Wildman–Crippen LogP) is 2.54. The minimum atomic E-state index is -0.678. The molecule has 2 aromatic carbocycles. The number of rotatable bonds is 8. The van der Waals surface area contributed by atoms with E-state index in [0.29, 0.717) is 5.56 Å². The Morgan fingerprint density at radius 2 is 1.91 bits per heavy atom. The van der Waals surface area contributed by atoms with Gasteiger partial charge < -0.3 is 5.32 Å². The van der Waals surface area contributed by atoms with Gasteiger partial charge in [0.2, 0.25) is 0 Å². The Labute approximate surface area is 200 Å². The van der Waals surface area contributed by atoms with Crippen LogP contribution in [0.3, 0.4) is 0 Å². The first-order chi connectivity index (χ1) is 16.7. The SMILES string of the molecule is O=C(NCCn1ncc2c(=O)n(Cc3cccc([N+](=O)[O-])c3)cnc21)c1cc(Cl)ccc1[N+](=O)[O-]. The number of nitro benzene ring substituents is 2. The van der Waals surface area contributed by atoms with Crippen molar-refractivity contribution < 1.29 is 14.6 Å². The second-order valence-corrected chi connectivity index (χ2v) is 7.82. The van der Waals surface area contributed by atoms with E-state index in [4.69, 9.17) is 11.6 Å². The van der Waals surface area contributed by atoms with E-state index in [1.807, 2.05) is 0 Å². The second-order valence-electron chi connectivity index (χ2n) is 7.38. The summed E-state index contributed by atoms with van der Waals surface area (Å²) >= 11 is 5.86. The van der Waals surface area contributed by atoms with Gasteiger partial charge in [-0.3, -0.25) is 34.4 Å². The van der Waals surface area contributed by atoms with E-state index in [2.05, 4.69) is 15.4 Å². The molecule has 4 rings (SSSR count). The van der Waals surface area contributed by atoms with Crippen molar-refractivity contribution in [3.05, 3.63) is 102 Å². The number of nitro groups is 2. The van der Waals surface area contributed by atoms with E-state index in [9.17, 15) is 29.8 Å². The van der Waals surface area contributed by atoms with Crippen LogP contribution < -0.4 is 10.9 Å². The quantitative estimate of drug-likeness (QED) is 0.286. The van der Waals surface area contributed by atoms with Crippen molar-refractivity contribution in [3.63, 3.8) is 0 Å². The van der Waals surface area contributed by atoms with Gasteiger partial charge in [-0.25, -0.2) is 9.67 Å². The summed E-state index contributed by atoms with van der Waals surface area (Å²) in [5, 5.41) is 29.3. The van der Waals surface area contributed by atoms with E-state index >= 15 is 0 Å². The van der Waals surface area contributed by atoms with Crippen LogP contribution in [0.5, 0.6) is 0 Å². The molecule has 2 heterocycles. The number of benzene rings is 2. The first kappa shape index (κ1) is 23.5. The van der Waals surface area contributed by atoms with Crippen LogP contribution in [-0.2, 0) is 13.1 Å². The summed E-state index contributed by atoms with van der Waals surface area (Å²) in [6.45, 7) is 0.284. The number of fused-ring (bicyclic) bond motifs is 1. The third-order valence-electron chi connectivity index (χ3n) is 5.11. The van der Waals surface area contributed by atoms with Crippen molar-refractivity contribution in [1.82, 2.24) is 24.6 Å². The van der Waals surface area contributed by atoms with Crippen LogP contribution in [0.2, 0.25) is 5.02 Å². The minimum Gasteiger partial charge on any atom is -0.350 e. The normalized spacial score (nSPS) is 10.9. The fraction of sp³-hybridized carbons (Fsp3) is 0.143. The summed E-state index contributed by atoms with van der Waals surface area (Å²) in [5.74, 6) is -0.678. The van der Waals surface area contributed by atoms with E-state index < -0.39 is 15.8 Å². The first-order valence-electron chi connectivity index (χ1n) is 10.1. The number of amides is 1. The predicted molar refractivity (Wildman–Crippen MR) is 124 cm³/mol. The van der Waals surface area contributed by atoms with Crippen LogP contribution in [0.1, 0.15) is 15.9 Å². The summed E-state index contributed by atoms with van der Waals surface area (Å²) in [5.41, 5.74) is -0.160. The fourth-order valence-electron chi connectivity index (χ4n) is 3.46. The number of non-ortho nitro benzene ring substituents is 1. The van der Waals surface area contributed by atoms with Gasteiger partial charge >= 0.3 is 0 Å². The van der Waals surface area contributed by atoms with Crippen LogP contribution in [0, 0.1) is 20.2 Å². The average molecular weight is 498 g/mol. The highest BCUT2D eigenvalue weighted by atomic mass is 35.5. The summed E-state index contributed by atoms with van der Waals surface area (Å²) in [4.78, 5) is 50.5. The topological polar surface area (TPSA) is 168 Å². The Morgan fingerprint density at radius 1 is 1.11 bits per heavy atom. The van der Waals surface area contributed by atoms with Gasteiger partial charge in [-0.1, -0.05) is 23.7 Å². The molecule has 1 amide bonds. The molecule has 0 fully saturated rings. The van der Waals surface area contributed by atoms with E-state index in [1.165, 1.54) is 52.1 Å². The molecule has 14 heteroatoms. The highest BCUT2D eigenvalue weighted by Gasteiger charge is 2.20. The molecule has 0 atom stereocenters. The maximum atomic E-state index is 12.9. The average Bonchev–Trinajstić information content (AvgIpc) is 3.24. The van der Waals surface area contributed by atoms with Gasteiger partial charge in [-0.15, -0.1) is 0 Å². The highest BCUT2D eigenvalue weighted by molar-refractivity contribution is 6.31. The molecule has 0 aliphatic heterocycles. The third-order valence-corrected chi connectivity index (χ3v) is 5.34. The molecule has 0 spiro atoms. The zero-order chi connectivity index (χ0) is 25.1. The molecule has 0 saturated carbocycles.